The maximum Gasteiger partial charge on any atom is 0.325 e. The molecule has 1 fully saturated rings. The standard InChI is InChI=1S/C22H29N9O4S3/c1-30(2)14-9-10-16(15(11-14)18(32)13-7-5-6-8-13)24-20(33)26-21-25-17(12-23-38(4,34)35)19(36-21)37-22-27-28-29-31(22)3/h9-11,13,23H,5-8,12H2,1-4H3,(H2,24,25,26,33). The number of sulfonamides is 1. The molecular formula is C22H29N9O4S3. The van der Waals surface area contributed by atoms with E-state index in [0.29, 0.717) is 26.3 Å². The van der Waals surface area contributed by atoms with Crippen molar-refractivity contribution in [3.63, 3.8) is 0 Å². The molecule has 1 aliphatic carbocycles. The smallest absolute Gasteiger partial charge is 0.325 e. The van der Waals surface area contributed by atoms with Crippen molar-refractivity contribution in [2.75, 3.05) is 35.9 Å². The maximum absolute atomic E-state index is 13.3. The summed E-state index contributed by atoms with van der Waals surface area (Å²) in [4.78, 5) is 32.6. The summed E-state index contributed by atoms with van der Waals surface area (Å²) in [6.45, 7) is -0.0711. The summed E-state index contributed by atoms with van der Waals surface area (Å²) in [6, 6.07) is 4.79. The molecule has 38 heavy (non-hydrogen) atoms. The Hall–Kier alpha value is -3.08. The van der Waals surface area contributed by atoms with E-state index in [2.05, 4.69) is 35.9 Å². The van der Waals surface area contributed by atoms with Crippen LogP contribution in [0, 0.1) is 5.92 Å². The van der Waals surface area contributed by atoms with Crippen molar-refractivity contribution >= 4 is 61.4 Å². The molecule has 204 valence electrons. The number of nitrogens with zero attached hydrogens (tertiary/aromatic N) is 6. The van der Waals surface area contributed by atoms with Gasteiger partial charge in [0.2, 0.25) is 15.2 Å². The molecule has 13 nitrogen and oxygen atoms in total. The molecule has 0 saturated heterocycles. The number of amides is 2. The fourth-order valence-electron chi connectivity index (χ4n) is 3.95. The number of hydrogen-bond donors (Lipinski definition) is 3. The van der Waals surface area contributed by atoms with Gasteiger partial charge in [-0.1, -0.05) is 24.2 Å². The molecule has 0 spiro atoms. The van der Waals surface area contributed by atoms with Crippen LogP contribution in [0.25, 0.3) is 0 Å². The average molecular weight is 580 g/mol. The van der Waals surface area contributed by atoms with Gasteiger partial charge in [-0.3, -0.25) is 10.1 Å². The number of carbonyl (C=O) groups excluding carboxylic acids is 2. The van der Waals surface area contributed by atoms with E-state index in [1.165, 1.54) is 16.4 Å². The Labute approximate surface area is 228 Å². The quantitative estimate of drug-likeness (QED) is 0.304. The zero-order valence-electron chi connectivity index (χ0n) is 21.4. The minimum Gasteiger partial charge on any atom is -0.378 e. The fraction of sp³-hybridized carbons (Fsp3) is 0.455. The predicted molar refractivity (Wildman–Crippen MR) is 146 cm³/mol. The SMILES string of the molecule is CN(C)c1ccc(NC(=O)Nc2nc(CNS(C)(=O)=O)c(Sc3nnnn3C)s2)c(C(=O)C2CCCC2)c1. The lowest BCUT2D eigenvalue weighted by atomic mass is 9.94. The third-order valence-electron chi connectivity index (χ3n) is 5.91. The largest absolute Gasteiger partial charge is 0.378 e. The van der Waals surface area contributed by atoms with E-state index in [-0.39, 0.29) is 23.4 Å². The van der Waals surface area contributed by atoms with Crippen LogP contribution in [0.15, 0.2) is 27.6 Å². The number of ketones is 1. The minimum atomic E-state index is -3.47. The summed E-state index contributed by atoms with van der Waals surface area (Å²) >= 11 is 2.36. The van der Waals surface area contributed by atoms with Crippen molar-refractivity contribution in [2.45, 2.75) is 41.6 Å². The number of hydrogen-bond acceptors (Lipinski definition) is 11. The van der Waals surface area contributed by atoms with E-state index in [0.717, 1.165) is 49.0 Å². The summed E-state index contributed by atoms with van der Waals surface area (Å²) in [5, 5.41) is 17.6. The van der Waals surface area contributed by atoms with Crippen LogP contribution in [0.3, 0.4) is 0 Å². The van der Waals surface area contributed by atoms with Gasteiger partial charge in [-0.15, -0.1) is 5.10 Å². The molecule has 0 atom stereocenters. The van der Waals surface area contributed by atoms with Gasteiger partial charge in [0.15, 0.2) is 10.9 Å². The third kappa shape index (κ3) is 7.06. The van der Waals surface area contributed by atoms with Crippen molar-refractivity contribution < 1.29 is 18.0 Å². The van der Waals surface area contributed by atoms with Crippen LogP contribution in [0.5, 0.6) is 0 Å². The van der Waals surface area contributed by atoms with Gasteiger partial charge in [0, 0.05) is 38.3 Å². The van der Waals surface area contributed by atoms with E-state index in [1.54, 1.807) is 19.2 Å². The average Bonchev–Trinajstić information content (AvgIpc) is 3.60. The first kappa shape index (κ1) is 27.9. The summed E-state index contributed by atoms with van der Waals surface area (Å²) in [5.41, 5.74) is 2.16. The molecule has 0 bridgehead atoms. The van der Waals surface area contributed by atoms with Gasteiger partial charge < -0.3 is 10.2 Å². The van der Waals surface area contributed by atoms with Crippen molar-refractivity contribution in [2.24, 2.45) is 13.0 Å². The number of Topliss-reactive ketones (excluding diaryl/α,β-unsaturated/α-hetero) is 1. The molecule has 0 unspecified atom stereocenters. The van der Waals surface area contributed by atoms with Crippen LogP contribution >= 0.6 is 23.1 Å². The van der Waals surface area contributed by atoms with Gasteiger partial charge in [-0.2, -0.15) is 0 Å². The number of tetrazole rings is 1. The topological polar surface area (TPSA) is 164 Å². The summed E-state index contributed by atoms with van der Waals surface area (Å²) < 4.78 is 27.8. The minimum absolute atomic E-state index is 0.0286. The van der Waals surface area contributed by atoms with Gasteiger partial charge in [-0.05, 0) is 53.2 Å². The molecule has 4 rings (SSSR count). The van der Waals surface area contributed by atoms with Crippen molar-refractivity contribution in [1.29, 1.82) is 0 Å². The zero-order chi connectivity index (χ0) is 27.4. The van der Waals surface area contributed by atoms with E-state index >= 15 is 0 Å². The fourth-order valence-corrected chi connectivity index (χ4v) is 6.34. The number of aryl methyl sites for hydroxylation is 1. The molecule has 2 aromatic heterocycles. The molecule has 2 heterocycles. The van der Waals surface area contributed by atoms with Crippen molar-refractivity contribution in [3.8, 4) is 0 Å². The normalized spacial score (nSPS) is 14.0. The lowest BCUT2D eigenvalue weighted by Crippen LogP contribution is -2.23. The van der Waals surface area contributed by atoms with E-state index < -0.39 is 16.1 Å². The van der Waals surface area contributed by atoms with E-state index in [4.69, 9.17) is 0 Å². The highest BCUT2D eigenvalue weighted by Crippen LogP contribution is 2.36. The molecule has 0 radical (unpaired) electrons. The summed E-state index contributed by atoms with van der Waals surface area (Å²) in [7, 11) is 1.99. The second kappa shape index (κ2) is 11.8. The Balaban J connectivity index is 1.55. The highest BCUT2D eigenvalue weighted by atomic mass is 32.2. The Morgan fingerprint density at radius 1 is 1.21 bits per heavy atom. The zero-order valence-corrected chi connectivity index (χ0v) is 23.8. The molecule has 2 amide bonds. The Bertz CT molecular complexity index is 1430. The second-order valence-corrected chi connectivity index (χ2v) is 13.2. The number of benzene rings is 1. The van der Waals surface area contributed by atoms with E-state index in [9.17, 15) is 18.0 Å². The third-order valence-corrected chi connectivity index (χ3v) is 8.83. The Morgan fingerprint density at radius 2 is 1.95 bits per heavy atom. The first-order chi connectivity index (χ1) is 18.0. The van der Waals surface area contributed by atoms with Gasteiger partial charge >= 0.3 is 6.03 Å². The summed E-state index contributed by atoms with van der Waals surface area (Å²) in [5.74, 6) is -0.0181. The van der Waals surface area contributed by atoms with Crippen LogP contribution in [-0.2, 0) is 23.6 Å². The highest BCUT2D eigenvalue weighted by molar-refractivity contribution is 8.01. The first-order valence-electron chi connectivity index (χ1n) is 11.8. The van der Waals surface area contributed by atoms with Crippen molar-refractivity contribution in [1.82, 2.24) is 29.9 Å². The van der Waals surface area contributed by atoms with Crippen LogP contribution in [0.2, 0.25) is 0 Å². The van der Waals surface area contributed by atoms with Gasteiger partial charge in [0.05, 0.1) is 28.4 Å². The molecule has 1 saturated carbocycles. The second-order valence-electron chi connectivity index (χ2n) is 9.08. The van der Waals surface area contributed by atoms with Gasteiger partial charge in [-0.25, -0.2) is 27.6 Å². The number of aromatic nitrogens is 5. The molecular weight excluding hydrogens is 551 g/mol. The number of rotatable bonds is 10. The number of carbonyl (C=O) groups is 2. The van der Waals surface area contributed by atoms with Crippen molar-refractivity contribution in [3.05, 3.63) is 29.5 Å². The number of anilines is 3. The Morgan fingerprint density at radius 3 is 2.58 bits per heavy atom. The van der Waals surface area contributed by atoms with Crippen LogP contribution in [0.1, 0.15) is 41.7 Å². The lowest BCUT2D eigenvalue weighted by molar-refractivity contribution is 0.0923. The molecule has 1 aromatic carbocycles. The Kier molecular flexibility index (Phi) is 8.64. The van der Waals surface area contributed by atoms with Crippen LogP contribution < -0.4 is 20.3 Å². The molecule has 16 heteroatoms. The molecule has 1 aliphatic rings. The number of nitrogens with one attached hydrogen (secondary N) is 3. The maximum atomic E-state index is 13.3. The van der Waals surface area contributed by atoms with Gasteiger partial charge in [0.1, 0.15) is 0 Å². The molecule has 0 aliphatic heterocycles. The number of urea groups is 1. The number of thiazole rings is 1. The summed E-state index contributed by atoms with van der Waals surface area (Å²) in [6.07, 6.45) is 4.80. The first-order valence-corrected chi connectivity index (χ1v) is 15.3. The van der Waals surface area contributed by atoms with Crippen LogP contribution in [-0.4, -0.2) is 65.8 Å². The highest BCUT2D eigenvalue weighted by Gasteiger charge is 2.27. The van der Waals surface area contributed by atoms with Gasteiger partial charge in [0.25, 0.3) is 0 Å². The molecule has 3 N–H and O–H groups in total. The monoisotopic (exact) mass is 579 g/mol. The predicted octanol–water partition coefficient (Wildman–Crippen LogP) is 2.95. The lowest BCUT2D eigenvalue weighted by Gasteiger charge is -2.18. The van der Waals surface area contributed by atoms with Crippen LogP contribution in [0.4, 0.5) is 21.3 Å². The van der Waals surface area contributed by atoms with E-state index in [1.807, 2.05) is 25.1 Å². The molecule has 3 aromatic rings.